The molecule has 0 fully saturated rings. The van der Waals surface area contributed by atoms with Crippen LogP contribution in [-0.2, 0) is 0 Å². The summed E-state index contributed by atoms with van der Waals surface area (Å²) in [4.78, 5) is 13.4. The lowest BCUT2D eigenvalue weighted by Gasteiger charge is -2.06. The van der Waals surface area contributed by atoms with Crippen molar-refractivity contribution in [3.63, 3.8) is 0 Å². The number of nitrogens with one attached hydrogen (secondary N) is 1. The highest BCUT2D eigenvalue weighted by Gasteiger charge is 2.12. The van der Waals surface area contributed by atoms with Crippen LogP contribution in [0.4, 0.5) is 0 Å². The van der Waals surface area contributed by atoms with Crippen LogP contribution >= 0.6 is 23.2 Å². The topological polar surface area (TPSA) is 66.2 Å². The van der Waals surface area contributed by atoms with Crippen molar-refractivity contribution in [3.8, 4) is 0 Å². The van der Waals surface area contributed by atoms with Crippen LogP contribution in [0.2, 0.25) is 5.02 Å². The van der Waals surface area contributed by atoms with E-state index >= 15 is 0 Å². The van der Waals surface area contributed by atoms with Gasteiger partial charge in [-0.25, -0.2) is 4.79 Å². The number of aromatic nitrogens is 1. The number of fused-ring (bicyclic) bond motifs is 1. The van der Waals surface area contributed by atoms with E-state index in [0.29, 0.717) is 21.7 Å². The molecule has 0 aliphatic rings. The minimum absolute atomic E-state index is 0.0521. The Bertz CT molecular complexity index is 546. The van der Waals surface area contributed by atoms with Crippen LogP contribution in [0.15, 0.2) is 21.3 Å². The molecule has 0 aliphatic carbocycles. The van der Waals surface area contributed by atoms with Gasteiger partial charge in [-0.15, -0.1) is 11.6 Å². The largest absolute Gasteiger partial charge is 0.417 e. The van der Waals surface area contributed by atoms with E-state index in [1.807, 2.05) is 0 Å². The van der Waals surface area contributed by atoms with Gasteiger partial charge in [0.1, 0.15) is 5.52 Å². The van der Waals surface area contributed by atoms with Gasteiger partial charge >= 0.3 is 5.76 Å². The van der Waals surface area contributed by atoms with Crippen molar-refractivity contribution >= 4 is 34.3 Å². The summed E-state index contributed by atoms with van der Waals surface area (Å²) >= 11 is 11.4. The summed E-state index contributed by atoms with van der Waals surface area (Å²) in [5.41, 5.74) is 1.25. The van der Waals surface area contributed by atoms with Crippen LogP contribution in [0.3, 0.4) is 0 Å². The summed E-state index contributed by atoms with van der Waals surface area (Å²) in [7, 11) is 0. The van der Waals surface area contributed by atoms with Gasteiger partial charge in [0.25, 0.3) is 0 Å². The zero-order chi connectivity index (χ0) is 11.0. The minimum Gasteiger partial charge on any atom is -0.408 e. The molecular formula is C9H7Cl2NO3. The molecule has 2 rings (SSSR count). The summed E-state index contributed by atoms with van der Waals surface area (Å²) in [6.45, 7) is 0. The van der Waals surface area contributed by atoms with E-state index in [1.165, 1.54) is 6.07 Å². The summed E-state index contributed by atoms with van der Waals surface area (Å²) in [6, 6.07) is 3.08. The Morgan fingerprint density at radius 1 is 1.53 bits per heavy atom. The third kappa shape index (κ3) is 1.88. The SMILES string of the molecule is O=c1[nH]c2c(Cl)cc(C(O)CCl)cc2o1. The summed E-state index contributed by atoms with van der Waals surface area (Å²) in [6.07, 6.45) is -0.825. The van der Waals surface area contributed by atoms with Crippen LogP contribution < -0.4 is 5.76 Å². The van der Waals surface area contributed by atoms with Gasteiger partial charge in [0.05, 0.1) is 17.0 Å². The first-order chi connectivity index (χ1) is 7.11. The molecule has 0 aliphatic heterocycles. The molecule has 0 amide bonds. The first-order valence-corrected chi connectivity index (χ1v) is 5.09. The average Bonchev–Trinajstić information content (AvgIpc) is 2.58. The highest BCUT2D eigenvalue weighted by Crippen LogP contribution is 2.26. The fourth-order valence-corrected chi connectivity index (χ4v) is 1.76. The number of aliphatic hydroxyl groups excluding tert-OH is 1. The van der Waals surface area contributed by atoms with Gasteiger partial charge in [-0.2, -0.15) is 0 Å². The number of rotatable bonds is 2. The molecular weight excluding hydrogens is 241 g/mol. The summed E-state index contributed by atoms with van der Waals surface area (Å²) < 4.78 is 4.83. The van der Waals surface area contributed by atoms with Crippen molar-refractivity contribution in [1.29, 1.82) is 0 Å². The molecule has 1 heterocycles. The molecule has 6 heteroatoms. The zero-order valence-electron chi connectivity index (χ0n) is 7.46. The van der Waals surface area contributed by atoms with Crippen LogP contribution in [0.1, 0.15) is 11.7 Å². The molecule has 0 bridgehead atoms. The van der Waals surface area contributed by atoms with Gasteiger partial charge in [0.2, 0.25) is 0 Å². The number of H-pyrrole nitrogens is 1. The van der Waals surface area contributed by atoms with Crippen molar-refractivity contribution in [2.45, 2.75) is 6.10 Å². The van der Waals surface area contributed by atoms with E-state index in [2.05, 4.69) is 4.98 Å². The average molecular weight is 248 g/mol. The predicted molar refractivity (Wildman–Crippen MR) is 57.5 cm³/mol. The maximum atomic E-state index is 10.9. The third-order valence-corrected chi connectivity index (χ3v) is 2.63. The van der Waals surface area contributed by atoms with E-state index in [-0.39, 0.29) is 5.88 Å². The Labute approximate surface area is 94.4 Å². The number of aromatic amines is 1. The molecule has 1 aromatic heterocycles. The van der Waals surface area contributed by atoms with E-state index in [0.717, 1.165) is 0 Å². The van der Waals surface area contributed by atoms with Gasteiger partial charge in [0, 0.05) is 0 Å². The quantitative estimate of drug-likeness (QED) is 0.799. The molecule has 1 aromatic carbocycles. The van der Waals surface area contributed by atoms with Gasteiger partial charge in [-0.1, -0.05) is 11.6 Å². The maximum absolute atomic E-state index is 10.9. The Balaban J connectivity index is 2.66. The minimum atomic E-state index is -0.825. The monoisotopic (exact) mass is 247 g/mol. The number of benzene rings is 1. The second kappa shape index (κ2) is 3.89. The number of hydrogen-bond acceptors (Lipinski definition) is 3. The molecule has 1 atom stereocenters. The first-order valence-electron chi connectivity index (χ1n) is 4.18. The van der Waals surface area contributed by atoms with Crippen LogP contribution in [0, 0.1) is 0 Å². The van der Waals surface area contributed by atoms with Gasteiger partial charge in [0.15, 0.2) is 5.58 Å². The fraction of sp³-hybridized carbons (Fsp3) is 0.222. The van der Waals surface area contributed by atoms with Crippen molar-refractivity contribution in [3.05, 3.63) is 33.3 Å². The lowest BCUT2D eigenvalue weighted by Crippen LogP contribution is -1.98. The van der Waals surface area contributed by atoms with E-state index < -0.39 is 11.9 Å². The zero-order valence-corrected chi connectivity index (χ0v) is 8.97. The fourth-order valence-electron chi connectivity index (χ4n) is 1.31. The number of aliphatic hydroxyl groups is 1. The Morgan fingerprint density at radius 2 is 2.27 bits per heavy atom. The Morgan fingerprint density at radius 3 is 2.93 bits per heavy atom. The van der Waals surface area contributed by atoms with Crippen LogP contribution in [-0.4, -0.2) is 16.0 Å². The predicted octanol–water partition coefficient (Wildman–Crippen LogP) is 2.05. The molecule has 2 N–H and O–H groups in total. The molecule has 2 aromatic rings. The molecule has 15 heavy (non-hydrogen) atoms. The normalized spacial score (nSPS) is 13.3. The van der Waals surface area contributed by atoms with Crippen LogP contribution in [0.25, 0.3) is 11.1 Å². The molecule has 4 nitrogen and oxygen atoms in total. The van der Waals surface area contributed by atoms with Gasteiger partial charge in [-0.05, 0) is 17.7 Å². The van der Waals surface area contributed by atoms with Crippen molar-refractivity contribution in [1.82, 2.24) is 4.98 Å². The number of hydrogen-bond donors (Lipinski definition) is 2. The summed E-state index contributed by atoms with van der Waals surface area (Å²) in [5.74, 6) is -0.527. The summed E-state index contributed by atoms with van der Waals surface area (Å²) in [5, 5.41) is 9.82. The number of halogens is 2. The van der Waals surface area contributed by atoms with E-state index in [1.54, 1.807) is 6.07 Å². The van der Waals surface area contributed by atoms with Gasteiger partial charge < -0.3 is 9.52 Å². The number of oxazole rings is 1. The second-order valence-corrected chi connectivity index (χ2v) is 3.78. The molecule has 80 valence electrons. The van der Waals surface area contributed by atoms with Crippen molar-refractivity contribution < 1.29 is 9.52 Å². The molecule has 0 spiro atoms. The smallest absolute Gasteiger partial charge is 0.408 e. The van der Waals surface area contributed by atoms with Crippen molar-refractivity contribution in [2.24, 2.45) is 0 Å². The lowest BCUT2D eigenvalue weighted by molar-refractivity contribution is 0.202. The standard InChI is InChI=1S/C9H7Cl2NO3/c10-3-6(13)4-1-5(11)8-7(2-4)15-9(14)12-8/h1-2,6,13H,3H2,(H,12,14). The number of alkyl halides is 1. The van der Waals surface area contributed by atoms with Gasteiger partial charge in [-0.3, -0.25) is 4.98 Å². The molecule has 1 unspecified atom stereocenters. The first kappa shape index (κ1) is 10.5. The Hall–Kier alpha value is -0.970. The molecule has 0 radical (unpaired) electrons. The van der Waals surface area contributed by atoms with E-state index in [4.69, 9.17) is 27.6 Å². The van der Waals surface area contributed by atoms with Crippen molar-refractivity contribution in [2.75, 3.05) is 5.88 Å². The lowest BCUT2D eigenvalue weighted by atomic mass is 10.1. The molecule has 0 saturated heterocycles. The second-order valence-electron chi connectivity index (χ2n) is 3.06. The van der Waals surface area contributed by atoms with Crippen LogP contribution in [0.5, 0.6) is 0 Å². The maximum Gasteiger partial charge on any atom is 0.417 e. The third-order valence-electron chi connectivity index (χ3n) is 2.04. The van der Waals surface area contributed by atoms with E-state index in [9.17, 15) is 9.90 Å². The highest BCUT2D eigenvalue weighted by molar-refractivity contribution is 6.34. The highest BCUT2D eigenvalue weighted by atomic mass is 35.5. The Kier molecular flexibility index (Phi) is 2.73. The molecule has 0 saturated carbocycles.